The second-order valence-electron chi connectivity index (χ2n) is 4.76. The maximum atomic E-state index is 12.2. The molecule has 0 spiro atoms. The van der Waals surface area contributed by atoms with Gasteiger partial charge in [0.1, 0.15) is 5.75 Å². The Bertz CT molecular complexity index is 465. The maximum absolute atomic E-state index is 12.2. The number of ether oxygens (including phenoxy) is 1. The summed E-state index contributed by atoms with van der Waals surface area (Å²) in [5.74, 6) is 1.17. The molecule has 1 fully saturated rings. The van der Waals surface area contributed by atoms with Crippen LogP contribution in [0, 0.1) is 5.92 Å². The van der Waals surface area contributed by atoms with Gasteiger partial charge in [0, 0.05) is 15.8 Å². The lowest BCUT2D eigenvalue weighted by molar-refractivity contribution is 0.0946. The van der Waals surface area contributed by atoms with E-state index in [0.29, 0.717) is 22.1 Å². The van der Waals surface area contributed by atoms with E-state index in [1.54, 1.807) is 13.2 Å². The van der Waals surface area contributed by atoms with E-state index >= 15 is 0 Å². The normalized spacial score (nSPS) is 22.3. The quantitative estimate of drug-likeness (QED) is 0.795. The molecule has 0 radical (unpaired) electrons. The number of carbonyl (C=O) groups is 1. The summed E-state index contributed by atoms with van der Waals surface area (Å²) in [4.78, 5) is 12.7. The molecule has 0 bridgehead atoms. The Kier molecular flexibility index (Phi) is 5.28. The molecule has 1 aromatic rings. The first-order valence-electron chi connectivity index (χ1n) is 6.37. The molecule has 1 saturated carbocycles. The number of benzene rings is 1. The molecule has 1 N–H and O–H groups in total. The molecule has 1 amide bonds. The van der Waals surface area contributed by atoms with Gasteiger partial charge in [-0.2, -0.15) is 0 Å². The maximum Gasteiger partial charge on any atom is 0.252 e. The molecule has 19 heavy (non-hydrogen) atoms. The van der Waals surface area contributed by atoms with Crippen LogP contribution < -0.4 is 10.1 Å². The van der Waals surface area contributed by atoms with Gasteiger partial charge in [-0.15, -0.1) is 0 Å². The fourth-order valence-corrected chi connectivity index (χ4v) is 3.55. The lowest BCUT2D eigenvalue weighted by Crippen LogP contribution is -2.31. The fourth-order valence-electron chi connectivity index (χ4n) is 2.35. The van der Waals surface area contributed by atoms with Gasteiger partial charge in [-0.1, -0.05) is 22.4 Å². The van der Waals surface area contributed by atoms with Crippen molar-refractivity contribution in [2.75, 3.05) is 13.7 Å². The molecule has 0 aliphatic heterocycles. The Morgan fingerprint density at radius 1 is 1.47 bits per heavy atom. The molecule has 1 aromatic carbocycles. The van der Waals surface area contributed by atoms with E-state index in [4.69, 9.17) is 4.74 Å². The van der Waals surface area contributed by atoms with Crippen molar-refractivity contribution in [2.24, 2.45) is 5.92 Å². The van der Waals surface area contributed by atoms with Crippen molar-refractivity contribution in [1.29, 1.82) is 0 Å². The largest absolute Gasteiger partial charge is 0.497 e. The number of alkyl halides is 1. The second kappa shape index (κ2) is 6.75. The van der Waals surface area contributed by atoms with Crippen LogP contribution in [-0.4, -0.2) is 24.4 Å². The highest BCUT2D eigenvalue weighted by Gasteiger charge is 2.25. The SMILES string of the molecule is COc1ccc(Br)c(C(=O)NCC2CCCC2Br)c1. The van der Waals surface area contributed by atoms with Gasteiger partial charge < -0.3 is 10.1 Å². The Hall–Kier alpha value is -0.550. The summed E-state index contributed by atoms with van der Waals surface area (Å²) in [6.45, 7) is 0.721. The van der Waals surface area contributed by atoms with Gasteiger partial charge in [-0.05, 0) is 52.9 Å². The highest BCUT2D eigenvalue weighted by atomic mass is 79.9. The molecule has 2 unspecified atom stereocenters. The Morgan fingerprint density at radius 2 is 2.26 bits per heavy atom. The predicted molar refractivity (Wildman–Crippen MR) is 83.1 cm³/mol. The summed E-state index contributed by atoms with van der Waals surface area (Å²) in [7, 11) is 1.60. The van der Waals surface area contributed by atoms with Crippen LogP contribution in [0.1, 0.15) is 29.6 Å². The topological polar surface area (TPSA) is 38.3 Å². The number of halogens is 2. The van der Waals surface area contributed by atoms with Gasteiger partial charge in [0.2, 0.25) is 0 Å². The molecule has 3 nitrogen and oxygen atoms in total. The van der Waals surface area contributed by atoms with E-state index in [0.717, 1.165) is 11.0 Å². The van der Waals surface area contributed by atoms with Gasteiger partial charge in [0.25, 0.3) is 5.91 Å². The monoisotopic (exact) mass is 389 g/mol. The molecule has 0 saturated heterocycles. The van der Waals surface area contributed by atoms with Crippen LogP contribution in [0.15, 0.2) is 22.7 Å². The highest BCUT2D eigenvalue weighted by Crippen LogP contribution is 2.31. The molecule has 0 aromatic heterocycles. The van der Waals surface area contributed by atoms with Gasteiger partial charge in [-0.25, -0.2) is 0 Å². The predicted octanol–water partition coefficient (Wildman–Crippen LogP) is 3.75. The number of hydrogen-bond acceptors (Lipinski definition) is 2. The first-order chi connectivity index (χ1) is 9.11. The summed E-state index contributed by atoms with van der Waals surface area (Å²) in [6.07, 6.45) is 3.61. The van der Waals surface area contributed by atoms with Gasteiger partial charge >= 0.3 is 0 Å². The van der Waals surface area contributed by atoms with Gasteiger partial charge in [0.05, 0.1) is 12.7 Å². The van der Waals surface area contributed by atoms with E-state index in [1.165, 1.54) is 19.3 Å². The van der Waals surface area contributed by atoms with E-state index in [2.05, 4.69) is 37.2 Å². The van der Waals surface area contributed by atoms with E-state index in [9.17, 15) is 4.79 Å². The molecule has 5 heteroatoms. The Balaban J connectivity index is 1.99. The number of hydrogen-bond donors (Lipinski definition) is 1. The third-order valence-electron chi connectivity index (χ3n) is 3.51. The van der Waals surface area contributed by atoms with Crippen molar-refractivity contribution in [1.82, 2.24) is 5.32 Å². The number of amides is 1. The lowest BCUT2D eigenvalue weighted by atomic mass is 10.1. The zero-order valence-corrected chi connectivity index (χ0v) is 14.0. The molecule has 1 aliphatic rings. The van der Waals surface area contributed by atoms with Crippen LogP contribution in [0.2, 0.25) is 0 Å². The number of nitrogens with one attached hydrogen (secondary N) is 1. The summed E-state index contributed by atoms with van der Waals surface area (Å²) in [5.41, 5.74) is 0.614. The first kappa shape index (κ1) is 14.9. The average molecular weight is 391 g/mol. The molecule has 1 aliphatic carbocycles. The lowest BCUT2D eigenvalue weighted by Gasteiger charge is -2.15. The van der Waals surface area contributed by atoms with Crippen LogP contribution >= 0.6 is 31.9 Å². The van der Waals surface area contributed by atoms with Crippen molar-refractivity contribution < 1.29 is 9.53 Å². The van der Waals surface area contributed by atoms with Crippen molar-refractivity contribution in [2.45, 2.75) is 24.1 Å². The van der Waals surface area contributed by atoms with Gasteiger partial charge in [-0.3, -0.25) is 4.79 Å². The minimum Gasteiger partial charge on any atom is -0.497 e. The first-order valence-corrected chi connectivity index (χ1v) is 8.08. The summed E-state index contributed by atoms with van der Waals surface area (Å²) in [6, 6.07) is 5.41. The van der Waals surface area contributed by atoms with Crippen LogP contribution in [0.25, 0.3) is 0 Å². The minimum atomic E-state index is -0.0580. The number of rotatable bonds is 4. The van der Waals surface area contributed by atoms with Gasteiger partial charge in [0.15, 0.2) is 0 Å². The smallest absolute Gasteiger partial charge is 0.252 e. The van der Waals surface area contributed by atoms with Crippen molar-refractivity contribution in [3.63, 3.8) is 0 Å². The fraction of sp³-hybridized carbons (Fsp3) is 0.500. The molecule has 2 atom stereocenters. The van der Waals surface area contributed by atoms with Crippen LogP contribution in [0.5, 0.6) is 5.75 Å². The summed E-state index contributed by atoms with van der Waals surface area (Å²) in [5, 5.41) is 3.01. The average Bonchev–Trinajstić information content (AvgIpc) is 2.82. The van der Waals surface area contributed by atoms with E-state index in [-0.39, 0.29) is 5.91 Å². The van der Waals surface area contributed by atoms with E-state index in [1.807, 2.05) is 12.1 Å². The van der Waals surface area contributed by atoms with E-state index < -0.39 is 0 Å². The molecular weight excluding hydrogens is 374 g/mol. The van der Waals surface area contributed by atoms with Crippen molar-refractivity contribution in [3.05, 3.63) is 28.2 Å². The number of methoxy groups -OCH3 is 1. The summed E-state index contributed by atoms with van der Waals surface area (Å²) < 4.78 is 5.93. The zero-order valence-electron chi connectivity index (χ0n) is 10.8. The third-order valence-corrected chi connectivity index (χ3v) is 5.41. The van der Waals surface area contributed by atoms with Crippen LogP contribution in [-0.2, 0) is 0 Å². The van der Waals surface area contributed by atoms with Crippen molar-refractivity contribution in [3.8, 4) is 5.75 Å². The molecule has 104 valence electrons. The molecular formula is C14H17Br2NO2. The standard InChI is InChI=1S/C14H17Br2NO2/c1-19-10-5-6-13(16)11(7-10)14(18)17-8-9-3-2-4-12(9)15/h5-7,9,12H,2-4,8H2,1H3,(H,17,18). The Morgan fingerprint density at radius 3 is 2.89 bits per heavy atom. The summed E-state index contributed by atoms with van der Waals surface area (Å²) >= 11 is 7.07. The second-order valence-corrected chi connectivity index (χ2v) is 6.79. The molecule has 0 heterocycles. The zero-order chi connectivity index (χ0) is 13.8. The molecule has 2 rings (SSSR count). The van der Waals surface area contributed by atoms with Crippen LogP contribution in [0.4, 0.5) is 0 Å². The third kappa shape index (κ3) is 3.72. The number of carbonyl (C=O) groups excluding carboxylic acids is 1. The highest BCUT2D eigenvalue weighted by molar-refractivity contribution is 9.10. The minimum absolute atomic E-state index is 0.0580. The van der Waals surface area contributed by atoms with Crippen molar-refractivity contribution >= 4 is 37.8 Å². The van der Waals surface area contributed by atoms with Crippen LogP contribution in [0.3, 0.4) is 0 Å². The Labute approximate surface area is 130 Å².